The Morgan fingerprint density at radius 1 is 1.41 bits per heavy atom. The SMILES string of the molecule is Cc1ccc2c(c1C)N(C)C(CCCN)CS2. The lowest BCUT2D eigenvalue weighted by atomic mass is 10.0. The number of rotatable bonds is 3. The molecule has 2 N–H and O–H groups in total. The molecule has 3 heteroatoms. The van der Waals surface area contributed by atoms with Gasteiger partial charge in [0.25, 0.3) is 0 Å². The summed E-state index contributed by atoms with van der Waals surface area (Å²) in [6, 6.07) is 5.13. The average molecular weight is 250 g/mol. The molecule has 0 bridgehead atoms. The lowest BCUT2D eigenvalue weighted by molar-refractivity contribution is 0.598. The van der Waals surface area contributed by atoms with E-state index in [4.69, 9.17) is 5.73 Å². The average Bonchev–Trinajstić information content (AvgIpc) is 2.33. The fourth-order valence-electron chi connectivity index (χ4n) is 2.44. The van der Waals surface area contributed by atoms with Crippen molar-refractivity contribution in [3.63, 3.8) is 0 Å². The van der Waals surface area contributed by atoms with Crippen LogP contribution in [-0.4, -0.2) is 25.4 Å². The number of nitrogens with zero attached hydrogens (tertiary/aromatic N) is 1. The van der Waals surface area contributed by atoms with Crippen molar-refractivity contribution in [2.45, 2.75) is 37.6 Å². The minimum atomic E-state index is 0.636. The van der Waals surface area contributed by atoms with Gasteiger partial charge in [0.1, 0.15) is 0 Å². The molecular formula is C14H22N2S. The van der Waals surface area contributed by atoms with Gasteiger partial charge >= 0.3 is 0 Å². The Balaban J connectivity index is 2.27. The van der Waals surface area contributed by atoms with E-state index in [0.717, 1.165) is 13.0 Å². The van der Waals surface area contributed by atoms with Crippen LogP contribution in [0.15, 0.2) is 17.0 Å². The Morgan fingerprint density at radius 3 is 2.88 bits per heavy atom. The predicted octanol–water partition coefficient (Wildman–Crippen LogP) is 2.95. The molecule has 0 saturated heterocycles. The third kappa shape index (κ3) is 2.45. The molecule has 0 amide bonds. The lowest BCUT2D eigenvalue weighted by Gasteiger charge is -2.37. The van der Waals surface area contributed by atoms with Gasteiger partial charge < -0.3 is 10.6 Å². The standard InChI is InChI=1S/C14H22N2S/c1-10-6-7-13-14(11(10)2)16(3)12(9-17-13)5-4-8-15/h6-7,12H,4-5,8-9,15H2,1-3H3. The highest BCUT2D eigenvalue weighted by molar-refractivity contribution is 7.99. The van der Waals surface area contributed by atoms with Crippen LogP contribution in [0.25, 0.3) is 0 Å². The fraction of sp³-hybridized carbons (Fsp3) is 0.571. The van der Waals surface area contributed by atoms with E-state index in [-0.39, 0.29) is 0 Å². The highest BCUT2D eigenvalue weighted by Gasteiger charge is 2.25. The van der Waals surface area contributed by atoms with Crippen molar-refractivity contribution in [1.29, 1.82) is 0 Å². The lowest BCUT2D eigenvalue weighted by Crippen LogP contribution is -2.37. The third-order valence-electron chi connectivity index (χ3n) is 3.74. The third-order valence-corrected chi connectivity index (χ3v) is 4.93. The summed E-state index contributed by atoms with van der Waals surface area (Å²) < 4.78 is 0. The number of fused-ring (bicyclic) bond motifs is 1. The monoisotopic (exact) mass is 250 g/mol. The van der Waals surface area contributed by atoms with Crippen molar-refractivity contribution in [3.8, 4) is 0 Å². The fourth-order valence-corrected chi connectivity index (χ4v) is 3.80. The van der Waals surface area contributed by atoms with Crippen LogP contribution in [0, 0.1) is 13.8 Å². The number of hydrogen-bond acceptors (Lipinski definition) is 3. The van der Waals surface area contributed by atoms with Crippen LogP contribution in [0.2, 0.25) is 0 Å². The largest absolute Gasteiger partial charge is 0.370 e. The number of thioether (sulfide) groups is 1. The Morgan fingerprint density at radius 2 is 2.18 bits per heavy atom. The quantitative estimate of drug-likeness (QED) is 0.894. The molecule has 1 atom stereocenters. The van der Waals surface area contributed by atoms with Gasteiger partial charge in [-0.25, -0.2) is 0 Å². The molecule has 1 unspecified atom stereocenters. The van der Waals surface area contributed by atoms with E-state index in [0.29, 0.717) is 6.04 Å². The van der Waals surface area contributed by atoms with Crippen molar-refractivity contribution < 1.29 is 0 Å². The van der Waals surface area contributed by atoms with Gasteiger partial charge in [-0.2, -0.15) is 0 Å². The van der Waals surface area contributed by atoms with E-state index < -0.39 is 0 Å². The van der Waals surface area contributed by atoms with E-state index in [1.54, 1.807) is 0 Å². The molecule has 2 nitrogen and oxygen atoms in total. The molecular weight excluding hydrogens is 228 g/mol. The summed E-state index contributed by atoms with van der Waals surface area (Å²) >= 11 is 1.99. The summed E-state index contributed by atoms with van der Waals surface area (Å²) in [4.78, 5) is 3.89. The smallest absolute Gasteiger partial charge is 0.0536 e. The van der Waals surface area contributed by atoms with Crippen molar-refractivity contribution in [2.75, 3.05) is 24.2 Å². The van der Waals surface area contributed by atoms with Crippen LogP contribution in [0.5, 0.6) is 0 Å². The van der Waals surface area contributed by atoms with Crippen LogP contribution in [0.3, 0.4) is 0 Å². The Hall–Kier alpha value is -0.670. The van der Waals surface area contributed by atoms with Crippen molar-refractivity contribution in [2.24, 2.45) is 5.73 Å². The zero-order valence-corrected chi connectivity index (χ0v) is 11.8. The molecule has 1 heterocycles. The summed E-state index contributed by atoms with van der Waals surface area (Å²) in [6.07, 6.45) is 2.32. The maximum Gasteiger partial charge on any atom is 0.0536 e. The van der Waals surface area contributed by atoms with Gasteiger partial charge in [-0.15, -0.1) is 11.8 Å². The highest BCUT2D eigenvalue weighted by Crippen LogP contribution is 2.40. The van der Waals surface area contributed by atoms with Gasteiger partial charge in [-0.05, 0) is 50.4 Å². The van der Waals surface area contributed by atoms with Gasteiger partial charge in [0.2, 0.25) is 0 Å². The molecule has 0 aliphatic carbocycles. The number of benzene rings is 1. The molecule has 0 fully saturated rings. The number of aryl methyl sites for hydroxylation is 1. The van der Waals surface area contributed by atoms with Gasteiger partial charge in [-0.3, -0.25) is 0 Å². The number of nitrogens with two attached hydrogens (primary N) is 1. The van der Waals surface area contributed by atoms with Crippen LogP contribution in [0.1, 0.15) is 24.0 Å². The van der Waals surface area contributed by atoms with Crippen molar-refractivity contribution in [3.05, 3.63) is 23.3 Å². The molecule has 94 valence electrons. The van der Waals surface area contributed by atoms with E-state index in [1.165, 1.54) is 33.9 Å². The van der Waals surface area contributed by atoms with Crippen LogP contribution >= 0.6 is 11.8 Å². The first-order valence-corrected chi connectivity index (χ1v) is 7.29. The molecule has 1 aliphatic heterocycles. The van der Waals surface area contributed by atoms with Gasteiger partial charge in [0.05, 0.1) is 5.69 Å². The summed E-state index contributed by atoms with van der Waals surface area (Å²) in [5.74, 6) is 1.19. The molecule has 2 rings (SSSR count). The van der Waals surface area contributed by atoms with Crippen molar-refractivity contribution in [1.82, 2.24) is 0 Å². The maximum absolute atomic E-state index is 5.61. The van der Waals surface area contributed by atoms with Crippen LogP contribution in [0.4, 0.5) is 5.69 Å². The predicted molar refractivity (Wildman–Crippen MR) is 77.1 cm³/mol. The second kappa shape index (κ2) is 5.32. The zero-order chi connectivity index (χ0) is 12.4. The van der Waals surface area contributed by atoms with Gasteiger partial charge in [0.15, 0.2) is 0 Å². The van der Waals surface area contributed by atoms with Gasteiger partial charge in [0, 0.05) is 23.7 Å². The van der Waals surface area contributed by atoms with E-state index in [9.17, 15) is 0 Å². The van der Waals surface area contributed by atoms with E-state index >= 15 is 0 Å². The van der Waals surface area contributed by atoms with Crippen molar-refractivity contribution >= 4 is 17.4 Å². The molecule has 1 aromatic rings. The molecule has 0 radical (unpaired) electrons. The summed E-state index contributed by atoms with van der Waals surface area (Å²) in [5.41, 5.74) is 9.86. The number of hydrogen-bond donors (Lipinski definition) is 1. The van der Waals surface area contributed by atoms with Crippen LogP contribution in [-0.2, 0) is 0 Å². The second-order valence-electron chi connectivity index (χ2n) is 4.86. The molecule has 0 aromatic heterocycles. The molecule has 0 spiro atoms. The first-order chi connectivity index (χ1) is 8.15. The first kappa shape index (κ1) is 12.8. The zero-order valence-electron chi connectivity index (χ0n) is 11.0. The Labute approximate surface area is 109 Å². The highest BCUT2D eigenvalue weighted by atomic mass is 32.2. The van der Waals surface area contributed by atoms with E-state index in [2.05, 4.69) is 37.9 Å². The van der Waals surface area contributed by atoms with Gasteiger partial charge in [-0.1, -0.05) is 6.07 Å². The Bertz CT molecular complexity index is 403. The Kier molecular flexibility index (Phi) is 4.00. The minimum Gasteiger partial charge on any atom is -0.370 e. The molecule has 17 heavy (non-hydrogen) atoms. The maximum atomic E-state index is 5.61. The number of anilines is 1. The summed E-state index contributed by atoms with van der Waals surface area (Å²) in [7, 11) is 2.23. The normalized spacial score (nSPS) is 19.3. The molecule has 1 aromatic carbocycles. The summed E-state index contributed by atoms with van der Waals surface area (Å²) in [5, 5.41) is 0. The minimum absolute atomic E-state index is 0.636. The summed E-state index contributed by atoms with van der Waals surface area (Å²) in [6.45, 7) is 5.23. The molecule has 0 saturated carbocycles. The first-order valence-electron chi connectivity index (χ1n) is 6.31. The van der Waals surface area contributed by atoms with Crippen LogP contribution < -0.4 is 10.6 Å². The van der Waals surface area contributed by atoms with E-state index in [1.807, 2.05) is 11.8 Å². The molecule has 1 aliphatic rings. The second-order valence-corrected chi connectivity index (χ2v) is 5.92. The topological polar surface area (TPSA) is 29.3 Å².